The van der Waals surface area contributed by atoms with Crippen molar-refractivity contribution in [3.63, 3.8) is 0 Å². The fourth-order valence-electron chi connectivity index (χ4n) is 10.2. The van der Waals surface area contributed by atoms with Gasteiger partial charge in [-0.2, -0.15) is 0 Å². The highest BCUT2D eigenvalue weighted by Crippen LogP contribution is 2.64. The highest BCUT2D eigenvalue weighted by Gasteiger charge is 2.63. The maximum atomic E-state index is 14.4. The molecule has 1 aliphatic heterocycles. The van der Waals surface area contributed by atoms with Crippen LogP contribution in [0.1, 0.15) is 93.4 Å². The van der Waals surface area contributed by atoms with Crippen LogP contribution in [-0.4, -0.2) is 53.3 Å². The minimum atomic E-state index is -0.347. The van der Waals surface area contributed by atoms with Gasteiger partial charge in [0.25, 0.3) is 0 Å². The van der Waals surface area contributed by atoms with Crippen molar-refractivity contribution in [2.45, 2.75) is 112 Å². The second-order valence-corrected chi connectivity index (χ2v) is 14.2. The molecule has 222 valence electrons. The first-order chi connectivity index (χ1) is 18.8. The smallest absolute Gasteiger partial charge is 0.302 e. The van der Waals surface area contributed by atoms with Crippen LogP contribution in [0, 0.1) is 52.8 Å². The molecule has 7 heteroatoms. The van der Waals surface area contributed by atoms with Gasteiger partial charge in [0.2, 0.25) is 5.91 Å². The third kappa shape index (κ3) is 4.93. The second-order valence-electron chi connectivity index (χ2n) is 14.2. The van der Waals surface area contributed by atoms with E-state index in [1.165, 1.54) is 19.4 Å². The predicted molar refractivity (Wildman–Crippen MR) is 151 cm³/mol. The van der Waals surface area contributed by atoms with E-state index in [0.717, 1.165) is 44.9 Å². The molecule has 3 unspecified atom stereocenters. The maximum Gasteiger partial charge on any atom is 0.302 e. The second kappa shape index (κ2) is 10.9. The minimum absolute atomic E-state index is 0.000291. The Balaban J connectivity index is 1.39. The Kier molecular flexibility index (Phi) is 7.99. The van der Waals surface area contributed by atoms with E-state index in [-0.39, 0.29) is 71.1 Å². The van der Waals surface area contributed by atoms with Gasteiger partial charge in [-0.05, 0) is 80.0 Å². The lowest BCUT2D eigenvalue weighted by atomic mass is 9.52. The first kappa shape index (κ1) is 29.3. The fraction of sp³-hybridized carbons (Fsp3) is 0.818. The molecule has 0 spiro atoms. The van der Waals surface area contributed by atoms with Crippen LogP contribution in [0.3, 0.4) is 0 Å². The number of carbonyl (C=O) groups excluding carboxylic acids is 4. The van der Waals surface area contributed by atoms with Gasteiger partial charge in [0.05, 0.1) is 6.04 Å². The van der Waals surface area contributed by atoms with Crippen LogP contribution in [0.4, 0.5) is 0 Å². The molecule has 5 rings (SSSR count). The summed E-state index contributed by atoms with van der Waals surface area (Å²) in [5.74, 6) is 1.53. The molecule has 0 radical (unpaired) electrons. The van der Waals surface area contributed by atoms with E-state index in [1.54, 1.807) is 6.92 Å². The van der Waals surface area contributed by atoms with Crippen LogP contribution < -0.4 is 0 Å². The standard InChI is InChI=1S/C33H49NO6/c1-17-14-28(40-22(6)37)31(34(16-17)20(4)35)19(3)25-10-11-26-27-9-8-23-15-24(39-21(5)36)12-13-33(23,7)30(27)32(38)29(26)18(25)2/h10,17-19,23-24,26-31H,8-9,11-16H2,1-7H3/t17-,18?,19-,23?,24-,26-,27-,28+,29?,30+,31-,33-/m0/s1. The summed E-state index contributed by atoms with van der Waals surface area (Å²) in [5.41, 5.74) is 1.21. The van der Waals surface area contributed by atoms with Crippen molar-refractivity contribution < 1.29 is 28.7 Å². The van der Waals surface area contributed by atoms with Gasteiger partial charge < -0.3 is 14.4 Å². The van der Waals surface area contributed by atoms with Crippen LogP contribution >= 0.6 is 0 Å². The van der Waals surface area contributed by atoms with Gasteiger partial charge in [0.1, 0.15) is 18.0 Å². The molecule has 7 nitrogen and oxygen atoms in total. The first-order valence-electron chi connectivity index (χ1n) is 15.7. The highest BCUT2D eigenvalue weighted by molar-refractivity contribution is 5.88. The average molecular weight is 556 g/mol. The predicted octanol–water partition coefficient (Wildman–Crippen LogP) is 5.36. The van der Waals surface area contributed by atoms with Crippen molar-refractivity contribution in [2.24, 2.45) is 52.8 Å². The molecule has 0 N–H and O–H groups in total. The number of amides is 1. The molecule has 5 aliphatic rings. The number of piperidine rings is 1. The first-order valence-corrected chi connectivity index (χ1v) is 15.7. The Bertz CT molecular complexity index is 1080. The van der Waals surface area contributed by atoms with Crippen LogP contribution in [0.2, 0.25) is 0 Å². The zero-order valence-electron chi connectivity index (χ0n) is 25.5. The number of carbonyl (C=O) groups is 4. The fourth-order valence-corrected chi connectivity index (χ4v) is 10.2. The van der Waals surface area contributed by atoms with E-state index in [2.05, 4.69) is 33.8 Å². The summed E-state index contributed by atoms with van der Waals surface area (Å²) in [6.07, 6.45) is 8.47. The molecule has 40 heavy (non-hydrogen) atoms. The van der Waals surface area contributed by atoms with Crippen LogP contribution in [0.5, 0.6) is 0 Å². The molecular weight excluding hydrogens is 506 g/mol. The number of hydrogen-bond acceptors (Lipinski definition) is 6. The lowest BCUT2D eigenvalue weighted by Gasteiger charge is -2.53. The number of hydrogen-bond donors (Lipinski definition) is 0. The summed E-state index contributed by atoms with van der Waals surface area (Å²) in [6.45, 7) is 14.0. The van der Waals surface area contributed by atoms with Gasteiger partial charge in [0, 0.05) is 45.1 Å². The summed E-state index contributed by atoms with van der Waals surface area (Å²) in [6, 6.07) is -0.222. The van der Waals surface area contributed by atoms with E-state index in [9.17, 15) is 19.2 Å². The molecule has 4 fully saturated rings. The van der Waals surface area contributed by atoms with Crippen molar-refractivity contribution >= 4 is 23.6 Å². The van der Waals surface area contributed by atoms with Crippen LogP contribution in [0.25, 0.3) is 0 Å². The molecule has 1 heterocycles. The van der Waals surface area contributed by atoms with Crippen LogP contribution in [0.15, 0.2) is 11.6 Å². The number of allylic oxidation sites excluding steroid dienone is 1. The molecule has 1 amide bonds. The molecular formula is C33H49NO6. The monoisotopic (exact) mass is 555 g/mol. The van der Waals surface area contributed by atoms with E-state index in [4.69, 9.17) is 9.47 Å². The van der Waals surface area contributed by atoms with Gasteiger partial charge in [-0.25, -0.2) is 0 Å². The lowest BCUT2D eigenvalue weighted by molar-refractivity contribution is -0.161. The summed E-state index contributed by atoms with van der Waals surface area (Å²) < 4.78 is 11.4. The Morgan fingerprint density at radius 3 is 2.35 bits per heavy atom. The normalized spacial score (nSPS) is 43.5. The Morgan fingerprint density at radius 1 is 1.00 bits per heavy atom. The van der Waals surface area contributed by atoms with Crippen molar-refractivity contribution in [3.05, 3.63) is 11.6 Å². The van der Waals surface area contributed by atoms with E-state index < -0.39 is 0 Å². The number of likely N-dealkylation sites (tertiary alicyclic amines) is 1. The topological polar surface area (TPSA) is 90.0 Å². The third-order valence-electron chi connectivity index (χ3n) is 11.8. The summed E-state index contributed by atoms with van der Waals surface area (Å²) in [5, 5.41) is 0. The number of nitrogens with zero attached hydrogens (tertiary/aromatic N) is 1. The molecule has 1 saturated heterocycles. The Hall–Kier alpha value is -2.18. The van der Waals surface area contributed by atoms with Crippen molar-refractivity contribution in [1.29, 1.82) is 0 Å². The number of ketones is 1. The van der Waals surface area contributed by atoms with Gasteiger partial charge in [0.15, 0.2) is 0 Å². The lowest BCUT2D eigenvalue weighted by Crippen LogP contribution is -2.57. The quantitative estimate of drug-likeness (QED) is 0.343. The highest BCUT2D eigenvalue weighted by atomic mass is 16.5. The minimum Gasteiger partial charge on any atom is -0.463 e. The molecule has 3 saturated carbocycles. The van der Waals surface area contributed by atoms with Crippen molar-refractivity contribution in [1.82, 2.24) is 4.90 Å². The summed E-state index contributed by atoms with van der Waals surface area (Å²) in [4.78, 5) is 52.8. The van der Waals surface area contributed by atoms with Crippen molar-refractivity contribution in [2.75, 3.05) is 6.54 Å². The summed E-state index contributed by atoms with van der Waals surface area (Å²) in [7, 11) is 0. The maximum absolute atomic E-state index is 14.4. The molecule has 0 bridgehead atoms. The van der Waals surface area contributed by atoms with E-state index >= 15 is 0 Å². The summed E-state index contributed by atoms with van der Waals surface area (Å²) >= 11 is 0. The van der Waals surface area contributed by atoms with E-state index in [0.29, 0.717) is 30.1 Å². The number of rotatable bonds is 4. The zero-order valence-corrected chi connectivity index (χ0v) is 25.5. The van der Waals surface area contributed by atoms with E-state index in [1.807, 2.05) is 4.90 Å². The molecule has 0 aromatic heterocycles. The number of fused-ring (bicyclic) bond motifs is 5. The molecule has 0 aromatic rings. The number of Topliss-reactive ketones (excluding diaryl/α,β-unsaturated/α-hetero) is 1. The third-order valence-corrected chi connectivity index (χ3v) is 11.8. The van der Waals surface area contributed by atoms with Gasteiger partial charge in [-0.15, -0.1) is 0 Å². The Labute approximate surface area is 239 Å². The van der Waals surface area contributed by atoms with Crippen molar-refractivity contribution in [3.8, 4) is 0 Å². The molecule has 0 aromatic carbocycles. The SMILES string of the molecule is CC(=O)O[C@H]1CC[C@@]2(C)C(CC[C@H]3[C@@H]4CC=C([C@H](C)[C@H]5[C@H](OC(C)=O)C[C@H](C)CN5C(C)=O)C(C)C4C(=O)[C@@H]32)C1. The number of esters is 2. The van der Waals surface area contributed by atoms with Gasteiger partial charge >= 0.3 is 11.9 Å². The zero-order chi connectivity index (χ0) is 29.1. The average Bonchev–Trinajstić information content (AvgIpc) is 3.16. The van der Waals surface area contributed by atoms with Crippen LogP contribution in [-0.2, 0) is 28.7 Å². The molecule has 4 aliphatic carbocycles. The largest absolute Gasteiger partial charge is 0.463 e. The Morgan fingerprint density at radius 2 is 1.70 bits per heavy atom. The van der Waals surface area contributed by atoms with Gasteiger partial charge in [-0.3, -0.25) is 19.2 Å². The molecule has 12 atom stereocenters. The van der Waals surface area contributed by atoms with Gasteiger partial charge in [-0.1, -0.05) is 39.3 Å². The number of ether oxygens (including phenoxy) is 2.